The van der Waals surface area contributed by atoms with E-state index in [1.165, 1.54) is 12.8 Å². The van der Waals surface area contributed by atoms with Crippen molar-refractivity contribution >= 4 is 22.4 Å². The van der Waals surface area contributed by atoms with Crippen LogP contribution in [0.4, 0.5) is 0 Å². The number of furan rings is 1. The van der Waals surface area contributed by atoms with Crippen LogP contribution in [0.2, 0.25) is 0 Å². The summed E-state index contributed by atoms with van der Waals surface area (Å²) in [6.07, 6.45) is 7.99. The highest BCUT2D eigenvalue weighted by Gasteiger charge is 2.12. The van der Waals surface area contributed by atoms with Gasteiger partial charge in [-0.1, -0.05) is 26.2 Å². The Kier molecular flexibility index (Phi) is 7.11. The van der Waals surface area contributed by atoms with Crippen LogP contribution >= 0.6 is 0 Å². The van der Waals surface area contributed by atoms with E-state index in [0.717, 1.165) is 52.8 Å². The van der Waals surface area contributed by atoms with E-state index < -0.39 is 0 Å². The highest BCUT2D eigenvalue weighted by molar-refractivity contribution is 5.97. The summed E-state index contributed by atoms with van der Waals surface area (Å²) < 4.78 is 11.3. The number of hydrogen-bond donors (Lipinski definition) is 1. The molecular weight excluding hydrogens is 314 g/mol. The zero-order valence-electron chi connectivity index (χ0n) is 15.8. The van der Waals surface area contributed by atoms with E-state index in [1.807, 2.05) is 32.9 Å². The van der Waals surface area contributed by atoms with E-state index in [4.69, 9.17) is 9.15 Å². The van der Waals surface area contributed by atoms with Crippen LogP contribution in [0.5, 0.6) is 5.75 Å². The molecule has 0 aliphatic rings. The molecule has 0 unspecified atom stereocenters. The molecule has 1 aromatic heterocycles. The van der Waals surface area contributed by atoms with E-state index >= 15 is 0 Å². The molecule has 4 nitrogen and oxygen atoms in total. The second-order valence-electron chi connectivity index (χ2n) is 6.38. The fourth-order valence-corrected chi connectivity index (χ4v) is 2.85. The first-order valence-corrected chi connectivity index (χ1v) is 9.18. The molecule has 1 N–H and O–H groups in total. The molecule has 0 fully saturated rings. The van der Waals surface area contributed by atoms with Crippen molar-refractivity contribution in [1.82, 2.24) is 5.32 Å². The van der Waals surface area contributed by atoms with Crippen molar-refractivity contribution in [2.24, 2.45) is 0 Å². The van der Waals surface area contributed by atoms with Gasteiger partial charge in [-0.05, 0) is 44.4 Å². The monoisotopic (exact) mass is 343 g/mol. The van der Waals surface area contributed by atoms with Crippen LogP contribution in [0.25, 0.3) is 16.5 Å². The Labute approximate surface area is 150 Å². The highest BCUT2D eigenvalue weighted by Crippen LogP contribution is 2.33. The summed E-state index contributed by atoms with van der Waals surface area (Å²) >= 11 is 0. The van der Waals surface area contributed by atoms with E-state index in [0.29, 0.717) is 6.61 Å². The van der Waals surface area contributed by atoms with Crippen LogP contribution in [0.1, 0.15) is 57.6 Å². The topological polar surface area (TPSA) is 51.5 Å². The van der Waals surface area contributed by atoms with Gasteiger partial charge >= 0.3 is 0 Å². The number of ether oxygens (including phenoxy) is 1. The highest BCUT2D eigenvalue weighted by atomic mass is 16.5. The predicted octanol–water partition coefficient (Wildman–Crippen LogP) is 5.24. The molecule has 25 heavy (non-hydrogen) atoms. The molecule has 0 saturated heterocycles. The number of carbonyl (C=O) groups is 1. The molecule has 1 amide bonds. The van der Waals surface area contributed by atoms with Gasteiger partial charge in [-0.25, -0.2) is 0 Å². The molecular formula is C21H29NO3. The van der Waals surface area contributed by atoms with E-state index in [-0.39, 0.29) is 5.91 Å². The second kappa shape index (κ2) is 9.30. The van der Waals surface area contributed by atoms with Crippen LogP contribution in [-0.2, 0) is 4.79 Å². The van der Waals surface area contributed by atoms with Gasteiger partial charge in [-0.2, -0.15) is 0 Å². The van der Waals surface area contributed by atoms with E-state index in [1.54, 1.807) is 12.3 Å². The summed E-state index contributed by atoms with van der Waals surface area (Å²) in [7, 11) is 0. The summed E-state index contributed by atoms with van der Waals surface area (Å²) in [5, 5.41) is 4.01. The molecule has 0 bridgehead atoms. The Morgan fingerprint density at radius 2 is 2.04 bits per heavy atom. The van der Waals surface area contributed by atoms with Crippen LogP contribution in [-0.4, -0.2) is 19.1 Å². The molecule has 2 aromatic rings. The van der Waals surface area contributed by atoms with Gasteiger partial charge in [0.25, 0.3) is 0 Å². The van der Waals surface area contributed by atoms with Crippen molar-refractivity contribution in [3.05, 3.63) is 35.6 Å². The zero-order valence-corrected chi connectivity index (χ0v) is 15.8. The van der Waals surface area contributed by atoms with Gasteiger partial charge in [-0.3, -0.25) is 4.79 Å². The first-order chi connectivity index (χ1) is 12.1. The number of nitrogens with one attached hydrogen (secondary N) is 1. The molecule has 0 spiro atoms. The average Bonchev–Trinajstić information content (AvgIpc) is 2.94. The summed E-state index contributed by atoms with van der Waals surface area (Å²) in [6, 6.07) is 3.95. The number of fused-ring (bicyclic) bond motifs is 1. The third-order valence-corrected chi connectivity index (χ3v) is 4.27. The molecule has 1 heterocycles. The maximum absolute atomic E-state index is 12.2. The number of carbonyl (C=O) groups excluding carboxylic acids is 1. The van der Waals surface area contributed by atoms with Gasteiger partial charge in [0, 0.05) is 29.6 Å². The van der Waals surface area contributed by atoms with Gasteiger partial charge in [0.2, 0.25) is 5.91 Å². The zero-order chi connectivity index (χ0) is 18.2. The van der Waals surface area contributed by atoms with Crippen molar-refractivity contribution in [3.8, 4) is 5.75 Å². The number of hydrogen-bond acceptors (Lipinski definition) is 3. The van der Waals surface area contributed by atoms with Crippen molar-refractivity contribution in [2.45, 2.75) is 53.4 Å². The van der Waals surface area contributed by atoms with Crippen molar-refractivity contribution in [1.29, 1.82) is 0 Å². The molecule has 4 heteroatoms. The normalized spacial score (nSPS) is 11.8. The van der Waals surface area contributed by atoms with Crippen LogP contribution in [0.15, 0.2) is 28.9 Å². The molecule has 0 atom stereocenters. The van der Waals surface area contributed by atoms with Crippen molar-refractivity contribution in [3.63, 3.8) is 0 Å². The number of unbranched alkanes of at least 4 members (excludes halogenated alkanes) is 3. The largest absolute Gasteiger partial charge is 0.493 e. The lowest BCUT2D eigenvalue weighted by Crippen LogP contribution is -2.22. The van der Waals surface area contributed by atoms with Crippen molar-refractivity contribution in [2.75, 3.05) is 13.2 Å². The minimum absolute atomic E-state index is 0.0551. The van der Waals surface area contributed by atoms with Crippen LogP contribution < -0.4 is 10.1 Å². The SMILES string of the molecule is CCCCCCNC(=O)/C=C(\C)c1cc2c(C)coc2cc1OCC. The maximum atomic E-state index is 12.2. The Morgan fingerprint density at radius 3 is 2.76 bits per heavy atom. The fourth-order valence-electron chi connectivity index (χ4n) is 2.85. The van der Waals surface area contributed by atoms with Gasteiger partial charge in [0.1, 0.15) is 11.3 Å². The fraction of sp³-hybridized carbons (Fsp3) is 0.476. The predicted molar refractivity (Wildman–Crippen MR) is 103 cm³/mol. The summed E-state index contributed by atoms with van der Waals surface area (Å²) in [4.78, 5) is 12.2. The first kappa shape index (κ1) is 19.1. The minimum Gasteiger partial charge on any atom is -0.493 e. The molecule has 0 saturated carbocycles. The Morgan fingerprint density at radius 1 is 1.24 bits per heavy atom. The standard InChI is InChI=1S/C21H29NO3/c1-5-7-8-9-10-22-21(23)11-15(3)17-12-18-16(4)14-25-20(18)13-19(17)24-6-2/h11-14H,5-10H2,1-4H3,(H,22,23)/b15-11+. The first-order valence-electron chi connectivity index (χ1n) is 9.18. The molecule has 0 aliphatic carbocycles. The second-order valence-corrected chi connectivity index (χ2v) is 6.38. The van der Waals surface area contributed by atoms with Gasteiger partial charge in [0.15, 0.2) is 0 Å². The minimum atomic E-state index is -0.0551. The summed E-state index contributed by atoms with van der Waals surface area (Å²) in [5.74, 6) is 0.689. The molecule has 0 aliphatic heterocycles. The lowest BCUT2D eigenvalue weighted by atomic mass is 10.0. The molecule has 1 aromatic carbocycles. The molecule has 136 valence electrons. The third-order valence-electron chi connectivity index (χ3n) is 4.27. The Hall–Kier alpha value is -2.23. The lowest BCUT2D eigenvalue weighted by molar-refractivity contribution is -0.116. The summed E-state index contributed by atoms with van der Waals surface area (Å²) in [6.45, 7) is 9.37. The van der Waals surface area contributed by atoms with Crippen LogP contribution in [0, 0.1) is 6.92 Å². The number of aryl methyl sites for hydroxylation is 1. The lowest BCUT2D eigenvalue weighted by Gasteiger charge is -2.11. The van der Waals surface area contributed by atoms with E-state index in [9.17, 15) is 4.79 Å². The Balaban J connectivity index is 2.15. The Bertz CT molecular complexity index is 743. The maximum Gasteiger partial charge on any atom is 0.244 e. The van der Waals surface area contributed by atoms with E-state index in [2.05, 4.69) is 12.2 Å². The van der Waals surface area contributed by atoms with Crippen molar-refractivity contribution < 1.29 is 13.9 Å². The smallest absolute Gasteiger partial charge is 0.244 e. The number of amides is 1. The molecule has 0 radical (unpaired) electrons. The van der Waals surface area contributed by atoms with Gasteiger partial charge < -0.3 is 14.5 Å². The van der Waals surface area contributed by atoms with Crippen LogP contribution in [0.3, 0.4) is 0 Å². The molecule has 2 rings (SSSR count). The third kappa shape index (κ3) is 5.12. The van der Waals surface area contributed by atoms with Gasteiger partial charge in [-0.15, -0.1) is 0 Å². The quantitative estimate of drug-likeness (QED) is 0.500. The average molecular weight is 343 g/mol. The number of benzene rings is 1. The summed E-state index contributed by atoms with van der Waals surface area (Å²) in [5.41, 5.74) is 3.70. The number of rotatable bonds is 9. The van der Waals surface area contributed by atoms with Gasteiger partial charge in [0.05, 0.1) is 12.9 Å². The number of allylic oxidation sites excluding steroid dienone is 1.